The summed E-state index contributed by atoms with van der Waals surface area (Å²) in [4.78, 5) is 0. The Morgan fingerprint density at radius 3 is 1.83 bits per heavy atom. The van der Waals surface area contributed by atoms with Crippen molar-refractivity contribution in [3.63, 3.8) is 0 Å². The fourth-order valence-corrected chi connectivity index (χ4v) is 6.55. The summed E-state index contributed by atoms with van der Waals surface area (Å²) in [5.74, 6) is 1.62. The van der Waals surface area contributed by atoms with Crippen LogP contribution in [0, 0.1) is 27.7 Å². The molecule has 0 aliphatic rings. The summed E-state index contributed by atoms with van der Waals surface area (Å²) in [6.45, 7) is 25.8. The van der Waals surface area contributed by atoms with E-state index in [2.05, 4.69) is 88.3 Å². The number of unbranched alkanes of at least 4 members (excludes halogenated alkanes) is 1. The number of benzene rings is 2. The van der Waals surface area contributed by atoms with Gasteiger partial charge in [-0.1, -0.05) is 75.6 Å². The molecule has 0 saturated heterocycles. The lowest BCUT2D eigenvalue weighted by Crippen LogP contribution is -2.19. The van der Waals surface area contributed by atoms with E-state index in [0.29, 0.717) is 17.8 Å². The van der Waals surface area contributed by atoms with Gasteiger partial charge in [-0.25, -0.2) is 0 Å². The summed E-state index contributed by atoms with van der Waals surface area (Å²) in [6.07, 6.45) is 3.94. The zero-order chi connectivity index (χ0) is 22.7. The topological polar surface area (TPSA) is 0 Å². The lowest BCUT2D eigenvalue weighted by molar-refractivity contribution is 0.816. The molecule has 0 aliphatic heterocycles. The second-order valence-electron chi connectivity index (χ2n) is 10.1. The summed E-state index contributed by atoms with van der Waals surface area (Å²) in [6, 6.07) is 5.05. The van der Waals surface area contributed by atoms with Crippen LogP contribution in [0.15, 0.2) is 12.1 Å². The Labute approximate surface area is 189 Å². The van der Waals surface area contributed by atoms with Crippen LogP contribution < -0.4 is 5.30 Å². The Morgan fingerprint density at radius 1 is 0.733 bits per heavy atom. The second kappa shape index (κ2) is 10.5. The van der Waals surface area contributed by atoms with Crippen molar-refractivity contribution in [1.82, 2.24) is 0 Å². The fourth-order valence-electron chi connectivity index (χ4n) is 4.60. The van der Waals surface area contributed by atoms with Gasteiger partial charge in [0.15, 0.2) is 0 Å². The molecule has 2 rings (SSSR count). The normalized spacial score (nSPS) is 12.3. The van der Waals surface area contributed by atoms with Crippen LogP contribution in [0.5, 0.6) is 0 Å². The molecule has 0 aromatic heterocycles. The lowest BCUT2D eigenvalue weighted by Gasteiger charge is -2.29. The molecule has 0 heterocycles. The number of hydrogen-bond donors (Lipinski definition) is 0. The van der Waals surface area contributed by atoms with Crippen molar-refractivity contribution >= 4 is 13.9 Å². The molecule has 0 nitrogen and oxygen atoms in total. The first-order valence-corrected chi connectivity index (χ1v) is 13.3. The summed E-state index contributed by atoms with van der Waals surface area (Å²) < 4.78 is 0. The van der Waals surface area contributed by atoms with E-state index in [4.69, 9.17) is 0 Å². The summed E-state index contributed by atoms with van der Waals surface area (Å²) in [5.41, 5.74) is 13.6. The molecule has 2 aromatic rings. The van der Waals surface area contributed by atoms with Crippen LogP contribution in [0.2, 0.25) is 0 Å². The predicted molar refractivity (Wildman–Crippen MR) is 141 cm³/mol. The van der Waals surface area contributed by atoms with Gasteiger partial charge < -0.3 is 0 Å². The molecule has 0 radical (unpaired) electrons. The molecular weight excluding hydrogens is 379 g/mol. The monoisotopic (exact) mass is 424 g/mol. The van der Waals surface area contributed by atoms with Gasteiger partial charge >= 0.3 is 0 Å². The van der Waals surface area contributed by atoms with Gasteiger partial charge in [0.25, 0.3) is 0 Å². The average molecular weight is 425 g/mol. The van der Waals surface area contributed by atoms with Crippen molar-refractivity contribution in [1.29, 1.82) is 0 Å². The van der Waals surface area contributed by atoms with E-state index in [9.17, 15) is 0 Å². The lowest BCUT2D eigenvalue weighted by atomic mass is 9.79. The Bertz CT molecular complexity index is 884. The first kappa shape index (κ1) is 25.1. The third-order valence-corrected chi connectivity index (χ3v) is 8.35. The summed E-state index contributed by atoms with van der Waals surface area (Å²) >= 11 is 0. The first-order chi connectivity index (χ1) is 14.0. The molecule has 0 fully saturated rings. The first-order valence-electron chi connectivity index (χ1n) is 12.0. The molecular formula is C29H45P. The minimum absolute atomic E-state index is 0.518. The highest BCUT2D eigenvalue weighted by Crippen LogP contribution is 2.42. The van der Waals surface area contributed by atoms with Crippen LogP contribution in [-0.4, -0.2) is 6.16 Å². The number of hydrogen-bond acceptors (Lipinski definition) is 0. The van der Waals surface area contributed by atoms with Gasteiger partial charge in [0.2, 0.25) is 0 Å². The van der Waals surface area contributed by atoms with Crippen molar-refractivity contribution in [3.8, 4) is 11.1 Å². The van der Waals surface area contributed by atoms with Crippen molar-refractivity contribution < 1.29 is 0 Å². The molecule has 1 atom stereocenters. The zero-order valence-electron chi connectivity index (χ0n) is 21.5. The number of rotatable bonds is 8. The second-order valence-corrected chi connectivity index (χ2v) is 11.4. The molecule has 0 bridgehead atoms. The van der Waals surface area contributed by atoms with Crippen molar-refractivity contribution in [2.24, 2.45) is 0 Å². The quantitative estimate of drug-likeness (QED) is 0.293. The Morgan fingerprint density at radius 2 is 1.33 bits per heavy atom. The van der Waals surface area contributed by atoms with Gasteiger partial charge in [-0.15, -0.1) is 0 Å². The Kier molecular flexibility index (Phi) is 8.76. The highest BCUT2D eigenvalue weighted by Gasteiger charge is 2.25. The Hall–Kier alpha value is -1.13. The third-order valence-electron chi connectivity index (χ3n) is 6.83. The molecule has 0 aliphatic carbocycles. The van der Waals surface area contributed by atoms with Crippen molar-refractivity contribution in [3.05, 3.63) is 51.1 Å². The van der Waals surface area contributed by atoms with Crippen LogP contribution in [0.25, 0.3) is 11.1 Å². The summed E-state index contributed by atoms with van der Waals surface area (Å²) in [7, 11) is 0.915. The van der Waals surface area contributed by atoms with Gasteiger partial charge in [0.05, 0.1) is 0 Å². The molecule has 30 heavy (non-hydrogen) atoms. The minimum Gasteiger partial charge on any atom is -0.0897 e. The van der Waals surface area contributed by atoms with E-state index in [1.807, 2.05) is 0 Å². The molecule has 0 saturated carbocycles. The molecule has 0 spiro atoms. The average Bonchev–Trinajstić information content (AvgIpc) is 2.67. The van der Waals surface area contributed by atoms with Crippen LogP contribution >= 0.6 is 8.58 Å². The van der Waals surface area contributed by atoms with E-state index in [-0.39, 0.29) is 0 Å². The highest BCUT2D eigenvalue weighted by molar-refractivity contribution is 7.47. The Balaban J connectivity index is 2.99. The van der Waals surface area contributed by atoms with E-state index < -0.39 is 0 Å². The zero-order valence-corrected chi connectivity index (χ0v) is 22.5. The van der Waals surface area contributed by atoms with E-state index in [1.54, 1.807) is 22.0 Å². The number of aryl methyl sites for hydroxylation is 1. The van der Waals surface area contributed by atoms with Crippen molar-refractivity contribution in [2.45, 2.75) is 107 Å². The maximum absolute atomic E-state index is 2.58. The summed E-state index contributed by atoms with van der Waals surface area (Å²) in [5, 5.41) is 1.67. The van der Waals surface area contributed by atoms with Gasteiger partial charge in [0.1, 0.15) is 0 Å². The molecule has 0 N–H and O–H groups in total. The maximum Gasteiger partial charge on any atom is -0.0105 e. The molecule has 1 unspecified atom stereocenters. The van der Waals surface area contributed by atoms with Gasteiger partial charge in [-0.05, 0) is 113 Å². The van der Waals surface area contributed by atoms with Gasteiger partial charge in [0, 0.05) is 0 Å². The van der Waals surface area contributed by atoms with Gasteiger partial charge in [-0.3, -0.25) is 0 Å². The SMILES string of the molecule is CCCCPc1c(C(C)C)cc(C(C)C)c(-c2cc(C)c(C)c(C)c2C)c1C(C)C. The van der Waals surface area contributed by atoms with Crippen LogP contribution in [0.4, 0.5) is 0 Å². The van der Waals surface area contributed by atoms with E-state index >= 15 is 0 Å². The van der Waals surface area contributed by atoms with Crippen molar-refractivity contribution in [2.75, 3.05) is 6.16 Å². The molecule has 1 heteroatoms. The molecule has 0 amide bonds. The molecule has 166 valence electrons. The van der Waals surface area contributed by atoms with E-state index in [0.717, 1.165) is 8.58 Å². The van der Waals surface area contributed by atoms with Crippen LogP contribution in [0.1, 0.15) is 118 Å². The fraction of sp³-hybridized carbons (Fsp3) is 0.586. The highest BCUT2D eigenvalue weighted by atomic mass is 31.1. The van der Waals surface area contributed by atoms with Gasteiger partial charge in [-0.2, -0.15) is 0 Å². The third kappa shape index (κ3) is 5.02. The minimum atomic E-state index is 0.518. The van der Waals surface area contributed by atoms with Crippen LogP contribution in [0.3, 0.4) is 0 Å². The standard InChI is InChI=1S/C29H45P/c1-12-13-14-30-29-25(18(4)5)16-24(17(2)3)28(27(29)19(6)7)26-15-20(8)21(9)22(10)23(26)11/h15-19,30H,12-14H2,1-11H3. The smallest absolute Gasteiger partial charge is 0.0105 e. The van der Waals surface area contributed by atoms with Crippen LogP contribution in [-0.2, 0) is 0 Å². The largest absolute Gasteiger partial charge is 0.0897 e. The molecule has 2 aromatic carbocycles. The van der Waals surface area contributed by atoms with E-state index in [1.165, 1.54) is 52.4 Å². The maximum atomic E-state index is 2.58. The predicted octanol–water partition coefficient (Wildman–Crippen LogP) is 9.06.